The van der Waals surface area contributed by atoms with Gasteiger partial charge in [0.15, 0.2) is 0 Å². The molecule has 19 heavy (non-hydrogen) atoms. The Morgan fingerprint density at radius 3 is 2.68 bits per heavy atom. The van der Waals surface area contributed by atoms with Crippen molar-refractivity contribution in [2.24, 2.45) is 0 Å². The highest BCUT2D eigenvalue weighted by molar-refractivity contribution is 5.39. The Balaban J connectivity index is 2.46. The molecule has 1 N–H and O–H groups in total. The van der Waals surface area contributed by atoms with Crippen molar-refractivity contribution in [3.63, 3.8) is 0 Å². The Morgan fingerprint density at radius 1 is 1.21 bits per heavy atom. The lowest BCUT2D eigenvalue weighted by atomic mass is 9.95. The van der Waals surface area contributed by atoms with Crippen molar-refractivity contribution < 1.29 is 4.74 Å². The third-order valence-electron chi connectivity index (χ3n) is 3.41. The van der Waals surface area contributed by atoms with E-state index in [4.69, 9.17) is 4.74 Å². The van der Waals surface area contributed by atoms with Crippen molar-refractivity contribution in [1.82, 2.24) is 15.3 Å². The van der Waals surface area contributed by atoms with Crippen molar-refractivity contribution in [2.45, 2.75) is 19.9 Å². The van der Waals surface area contributed by atoms with E-state index >= 15 is 0 Å². The standard InChI is InChI=1S/C15H19N3O/c1-10-6-5-7-12(11(10)2)15(16-3)13-8-14(19-4)18-9-17-13/h5-9,15-16H,1-4H3. The fourth-order valence-corrected chi connectivity index (χ4v) is 2.17. The second-order valence-electron chi connectivity index (χ2n) is 4.50. The third-order valence-corrected chi connectivity index (χ3v) is 3.41. The van der Waals surface area contributed by atoms with E-state index in [-0.39, 0.29) is 6.04 Å². The molecule has 1 aromatic heterocycles. The number of nitrogens with zero attached hydrogens (tertiary/aromatic N) is 2. The predicted octanol–water partition coefficient (Wildman–Crippen LogP) is 2.41. The topological polar surface area (TPSA) is 47.0 Å². The van der Waals surface area contributed by atoms with Gasteiger partial charge in [-0.2, -0.15) is 0 Å². The number of hydrogen-bond acceptors (Lipinski definition) is 4. The first kappa shape index (κ1) is 13.5. The minimum Gasteiger partial charge on any atom is -0.481 e. The van der Waals surface area contributed by atoms with Crippen LogP contribution in [0.3, 0.4) is 0 Å². The molecule has 0 aliphatic carbocycles. The molecule has 0 amide bonds. The molecule has 0 aliphatic rings. The molecule has 1 aromatic carbocycles. The van der Waals surface area contributed by atoms with Crippen LogP contribution in [-0.2, 0) is 0 Å². The van der Waals surface area contributed by atoms with Gasteiger partial charge in [0.05, 0.1) is 18.8 Å². The van der Waals surface area contributed by atoms with E-state index in [0.29, 0.717) is 5.88 Å². The molecule has 0 aliphatic heterocycles. The molecule has 1 unspecified atom stereocenters. The van der Waals surface area contributed by atoms with Crippen molar-refractivity contribution in [3.8, 4) is 5.88 Å². The Hall–Kier alpha value is -1.94. The van der Waals surface area contributed by atoms with Gasteiger partial charge in [0.1, 0.15) is 6.33 Å². The van der Waals surface area contributed by atoms with Gasteiger partial charge in [-0.05, 0) is 37.6 Å². The number of aryl methyl sites for hydroxylation is 1. The zero-order valence-corrected chi connectivity index (χ0v) is 11.8. The normalized spacial score (nSPS) is 12.2. The van der Waals surface area contributed by atoms with E-state index in [0.717, 1.165) is 5.69 Å². The number of benzene rings is 1. The average Bonchev–Trinajstić information content (AvgIpc) is 2.44. The van der Waals surface area contributed by atoms with Crippen LogP contribution in [0.25, 0.3) is 0 Å². The van der Waals surface area contributed by atoms with Gasteiger partial charge in [-0.25, -0.2) is 9.97 Å². The highest BCUT2D eigenvalue weighted by Crippen LogP contribution is 2.26. The minimum absolute atomic E-state index is 0.0387. The summed E-state index contributed by atoms with van der Waals surface area (Å²) in [5.41, 5.74) is 4.68. The summed E-state index contributed by atoms with van der Waals surface area (Å²) in [6, 6.07) is 8.21. The van der Waals surface area contributed by atoms with Crippen LogP contribution in [-0.4, -0.2) is 24.1 Å². The molecule has 1 heterocycles. The predicted molar refractivity (Wildman–Crippen MR) is 75.4 cm³/mol. The molecule has 0 radical (unpaired) electrons. The first-order valence-electron chi connectivity index (χ1n) is 6.26. The lowest BCUT2D eigenvalue weighted by molar-refractivity contribution is 0.395. The molecule has 0 saturated heterocycles. The highest BCUT2D eigenvalue weighted by atomic mass is 16.5. The van der Waals surface area contributed by atoms with Crippen LogP contribution in [0.1, 0.15) is 28.4 Å². The second kappa shape index (κ2) is 5.80. The molecule has 2 aromatic rings. The van der Waals surface area contributed by atoms with Crippen molar-refractivity contribution in [2.75, 3.05) is 14.2 Å². The van der Waals surface area contributed by atoms with Crippen LogP contribution in [0.5, 0.6) is 5.88 Å². The van der Waals surface area contributed by atoms with Crippen molar-refractivity contribution >= 4 is 0 Å². The summed E-state index contributed by atoms with van der Waals surface area (Å²) in [5, 5.41) is 3.31. The maximum atomic E-state index is 5.16. The van der Waals surface area contributed by atoms with Gasteiger partial charge in [0.25, 0.3) is 0 Å². The molecule has 1 atom stereocenters. The van der Waals surface area contributed by atoms with Gasteiger partial charge >= 0.3 is 0 Å². The number of aromatic nitrogens is 2. The molecule has 0 spiro atoms. The SMILES string of the molecule is CNC(c1cc(OC)ncn1)c1cccc(C)c1C. The Bertz CT molecular complexity index is 569. The van der Waals surface area contributed by atoms with E-state index in [1.54, 1.807) is 7.11 Å². The molecule has 2 rings (SSSR count). The van der Waals surface area contributed by atoms with Gasteiger partial charge in [-0.3, -0.25) is 0 Å². The largest absolute Gasteiger partial charge is 0.481 e. The molecule has 0 bridgehead atoms. The van der Waals surface area contributed by atoms with Crippen LogP contribution in [0.2, 0.25) is 0 Å². The first-order valence-corrected chi connectivity index (χ1v) is 6.26. The van der Waals surface area contributed by atoms with Gasteiger partial charge in [-0.15, -0.1) is 0 Å². The highest BCUT2D eigenvalue weighted by Gasteiger charge is 2.17. The summed E-state index contributed by atoms with van der Waals surface area (Å²) >= 11 is 0. The zero-order valence-electron chi connectivity index (χ0n) is 11.8. The maximum Gasteiger partial charge on any atom is 0.216 e. The van der Waals surface area contributed by atoms with E-state index in [1.807, 2.05) is 13.1 Å². The maximum absolute atomic E-state index is 5.16. The fraction of sp³-hybridized carbons (Fsp3) is 0.333. The Kier molecular flexibility index (Phi) is 4.12. The van der Waals surface area contributed by atoms with Crippen molar-refractivity contribution in [3.05, 3.63) is 53.0 Å². The second-order valence-corrected chi connectivity index (χ2v) is 4.50. The van der Waals surface area contributed by atoms with Crippen LogP contribution in [0.15, 0.2) is 30.6 Å². The molecular weight excluding hydrogens is 238 g/mol. The smallest absolute Gasteiger partial charge is 0.216 e. The molecule has 4 heteroatoms. The van der Waals surface area contributed by atoms with E-state index in [9.17, 15) is 0 Å². The monoisotopic (exact) mass is 257 g/mol. The van der Waals surface area contributed by atoms with Gasteiger partial charge < -0.3 is 10.1 Å². The number of nitrogens with one attached hydrogen (secondary N) is 1. The lowest BCUT2D eigenvalue weighted by Gasteiger charge is -2.19. The molecular formula is C15H19N3O. The summed E-state index contributed by atoms with van der Waals surface area (Å²) in [6.45, 7) is 4.25. The van der Waals surface area contributed by atoms with Crippen LogP contribution in [0, 0.1) is 13.8 Å². The average molecular weight is 257 g/mol. The number of hydrogen-bond donors (Lipinski definition) is 1. The van der Waals surface area contributed by atoms with Crippen LogP contribution in [0.4, 0.5) is 0 Å². The number of methoxy groups -OCH3 is 1. The quantitative estimate of drug-likeness (QED) is 0.913. The van der Waals surface area contributed by atoms with Crippen LogP contribution < -0.4 is 10.1 Å². The summed E-state index contributed by atoms with van der Waals surface area (Å²) in [6.07, 6.45) is 1.53. The van der Waals surface area contributed by atoms with E-state index in [2.05, 4.69) is 47.3 Å². The van der Waals surface area contributed by atoms with Gasteiger partial charge in [0, 0.05) is 6.07 Å². The Morgan fingerprint density at radius 2 is 2.00 bits per heavy atom. The summed E-state index contributed by atoms with van der Waals surface area (Å²) in [4.78, 5) is 8.40. The minimum atomic E-state index is 0.0387. The zero-order chi connectivity index (χ0) is 13.8. The number of ether oxygens (including phenoxy) is 1. The van der Waals surface area contributed by atoms with Crippen molar-refractivity contribution in [1.29, 1.82) is 0 Å². The first-order chi connectivity index (χ1) is 9.17. The van der Waals surface area contributed by atoms with Gasteiger partial charge in [-0.1, -0.05) is 18.2 Å². The molecule has 0 fully saturated rings. The molecule has 100 valence electrons. The Labute approximate surface area is 113 Å². The fourth-order valence-electron chi connectivity index (χ4n) is 2.17. The summed E-state index contributed by atoms with van der Waals surface area (Å²) in [7, 11) is 3.54. The molecule has 4 nitrogen and oxygen atoms in total. The molecule has 0 saturated carbocycles. The summed E-state index contributed by atoms with van der Waals surface area (Å²) < 4.78 is 5.16. The number of rotatable bonds is 4. The summed E-state index contributed by atoms with van der Waals surface area (Å²) in [5.74, 6) is 0.579. The van der Waals surface area contributed by atoms with Gasteiger partial charge in [0.2, 0.25) is 5.88 Å². The lowest BCUT2D eigenvalue weighted by Crippen LogP contribution is -2.20. The third kappa shape index (κ3) is 2.74. The van der Waals surface area contributed by atoms with E-state index < -0.39 is 0 Å². The van der Waals surface area contributed by atoms with E-state index in [1.165, 1.54) is 23.0 Å². The van der Waals surface area contributed by atoms with Crippen LogP contribution >= 0.6 is 0 Å².